The molecule has 3 aromatic rings. The lowest BCUT2D eigenvalue weighted by Crippen LogP contribution is -2.31. The number of fused-ring (bicyclic) bond motifs is 1. The Morgan fingerprint density at radius 2 is 2.19 bits per heavy atom. The molecule has 3 aromatic heterocycles. The topological polar surface area (TPSA) is 68.8 Å². The number of aromatic nitrogens is 5. The molecule has 7 nitrogen and oxygen atoms in total. The van der Waals surface area contributed by atoms with Gasteiger partial charge in [0.2, 0.25) is 5.91 Å². The summed E-state index contributed by atoms with van der Waals surface area (Å²) >= 11 is 3.48. The third-order valence-corrected chi connectivity index (χ3v) is 5.63. The van der Waals surface area contributed by atoms with E-state index >= 15 is 0 Å². The first kappa shape index (κ1) is 17.2. The maximum absolute atomic E-state index is 12.7. The number of aryl methyl sites for hydroxylation is 2. The summed E-state index contributed by atoms with van der Waals surface area (Å²) in [5.74, 6) is 0.610. The van der Waals surface area contributed by atoms with Crippen LogP contribution in [0.1, 0.15) is 35.7 Å². The number of hydrogen-bond acceptors (Lipinski definition) is 4. The monoisotopic (exact) mass is 416 g/mol. The number of amides is 1. The molecule has 136 valence electrons. The van der Waals surface area contributed by atoms with Crippen LogP contribution in [-0.2, 0) is 24.9 Å². The van der Waals surface area contributed by atoms with Crippen LogP contribution in [0.4, 0.5) is 0 Å². The van der Waals surface area contributed by atoms with Crippen molar-refractivity contribution in [3.63, 3.8) is 0 Å². The van der Waals surface area contributed by atoms with Crippen molar-refractivity contribution in [3.05, 3.63) is 39.9 Å². The molecule has 8 heteroatoms. The molecule has 26 heavy (non-hydrogen) atoms. The third-order valence-electron chi connectivity index (χ3n) is 4.97. The molecule has 4 rings (SSSR count). The predicted molar refractivity (Wildman–Crippen MR) is 102 cm³/mol. The standard InChI is InChI=1S/C18H21BrN6O/c1-11-17-13(12-4-5-12)6-7-20-18(17)25(22-11)10-16(26)23(2)9-15-14(19)8-21-24(15)3/h6-8,12H,4-5,9-10H2,1-3H3. The summed E-state index contributed by atoms with van der Waals surface area (Å²) in [6.45, 7) is 2.65. The molecule has 1 fully saturated rings. The van der Waals surface area contributed by atoms with Gasteiger partial charge >= 0.3 is 0 Å². The molecule has 0 N–H and O–H groups in total. The molecule has 0 saturated heterocycles. The van der Waals surface area contributed by atoms with Crippen LogP contribution in [0.3, 0.4) is 0 Å². The molecular formula is C18H21BrN6O. The van der Waals surface area contributed by atoms with E-state index < -0.39 is 0 Å². The Hall–Kier alpha value is -2.22. The maximum atomic E-state index is 12.7. The van der Waals surface area contributed by atoms with Gasteiger partial charge in [-0.3, -0.25) is 9.48 Å². The van der Waals surface area contributed by atoms with Crippen molar-refractivity contribution < 1.29 is 4.79 Å². The van der Waals surface area contributed by atoms with Crippen LogP contribution in [0.25, 0.3) is 11.0 Å². The van der Waals surface area contributed by atoms with Crippen molar-refractivity contribution in [2.75, 3.05) is 7.05 Å². The van der Waals surface area contributed by atoms with Crippen molar-refractivity contribution in [1.82, 2.24) is 29.4 Å². The highest BCUT2D eigenvalue weighted by atomic mass is 79.9. The number of hydrogen-bond donors (Lipinski definition) is 0. The zero-order valence-corrected chi connectivity index (χ0v) is 16.7. The summed E-state index contributed by atoms with van der Waals surface area (Å²) in [4.78, 5) is 18.9. The maximum Gasteiger partial charge on any atom is 0.244 e. The van der Waals surface area contributed by atoms with Gasteiger partial charge in [0.1, 0.15) is 6.54 Å². The molecule has 0 spiro atoms. The van der Waals surface area contributed by atoms with Gasteiger partial charge in [-0.25, -0.2) is 9.67 Å². The Labute approximate surface area is 160 Å². The van der Waals surface area contributed by atoms with Crippen molar-refractivity contribution in [2.24, 2.45) is 7.05 Å². The Balaban J connectivity index is 1.57. The lowest BCUT2D eigenvalue weighted by atomic mass is 10.1. The van der Waals surface area contributed by atoms with Gasteiger partial charge in [0.25, 0.3) is 0 Å². The number of carbonyl (C=O) groups excluding carboxylic acids is 1. The summed E-state index contributed by atoms with van der Waals surface area (Å²) in [6.07, 6.45) is 6.02. The second-order valence-corrected chi connectivity index (χ2v) is 7.78. The Kier molecular flexibility index (Phi) is 4.30. The van der Waals surface area contributed by atoms with E-state index in [0.29, 0.717) is 12.5 Å². The molecule has 1 aliphatic carbocycles. The summed E-state index contributed by atoms with van der Waals surface area (Å²) in [5.41, 5.74) is 4.02. The van der Waals surface area contributed by atoms with E-state index in [1.54, 1.807) is 27.5 Å². The molecule has 3 heterocycles. The normalized spacial score (nSPS) is 14.2. The van der Waals surface area contributed by atoms with Crippen LogP contribution < -0.4 is 0 Å². The average molecular weight is 417 g/mol. The fourth-order valence-electron chi connectivity index (χ4n) is 3.33. The van der Waals surface area contributed by atoms with Crippen LogP contribution >= 0.6 is 15.9 Å². The molecule has 1 aliphatic rings. The van der Waals surface area contributed by atoms with E-state index in [9.17, 15) is 4.79 Å². The van der Waals surface area contributed by atoms with E-state index in [0.717, 1.165) is 26.9 Å². The van der Waals surface area contributed by atoms with E-state index in [1.165, 1.54) is 18.4 Å². The van der Waals surface area contributed by atoms with Gasteiger partial charge in [-0.15, -0.1) is 0 Å². The number of halogens is 1. The van der Waals surface area contributed by atoms with Gasteiger partial charge in [-0.05, 0) is 53.2 Å². The molecule has 0 bridgehead atoms. The number of pyridine rings is 1. The number of likely N-dealkylation sites (N-methyl/N-ethyl adjacent to an activating group) is 1. The molecule has 0 atom stereocenters. The van der Waals surface area contributed by atoms with Crippen LogP contribution in [-0.4, -0.2) is 42.4 Å². The van der Waals surface area contributed by atoms with E-state index in [-0.39, 0.29) is 12.5 Å². The van der Waals surface area contributed by atoms with Crippen molar-refractivity contribution in [1.29, 1.82) is 0 Å². The molecule has 0 aromatic carbocycles. The van der Waals surface area contributed by atoms with Crippen molar-refractivity contribution in [2.45, 2.75) is 38.8 Å². The zero-order valence-electron chi connectivity index (χ0n) is 15.1. The van der Waals surface area contributed by atoms with Crippen LogP contribution in [0.15, 0.2) is 22.9 Å². The molecule has 0 aliphatic heterocycles. The summed E-state index contributed by atoms with van der Waals surface area (Å²) in [7, 11) is 3.66. The second kappa shape index (κ2) is 6.50. The first-order valence-electron chi connectivity index (χ1n) is 8.68. The van der Waals surface area contributed by atoms with Gasteiger partial charge in [-0.2, -0.15) is 10.2 Å². The van der Waals surface area contributed by atoms with Gasteiger partial charge in [0.05, 0.1) is 28.6 Å². The number of carbonyl (C=O) groups is 1. The van der Waals surface area contributed by atoms with Gasteiger partial charge in [0.15, 0.2) is 5.65 Å². The first-order chi connectivity index (χ1) is 12.5. The third kappa shape index (κ3) is 3.02. The number of rotatable bonds is 5. The van der Waals surface area contributed by atoms with Crippen LogP contribution in [0.2, 0.25) is 0 Å². The molecule has 0 radical (unpaired) electrons. The minimum Gasteiger partial charge on any atom is -0.338 e. The Morgan fingerprint density at radius 3 is 2.85 bits per heavy atom. The highest BCUT2D eigenvalue weighted by Gasteiger charge is 2.28. The SMILES string of the molecule is Cc1nn(CC(=O)N(C)Cc2c(Br)cnn2C)c2nccc(C3CC3)c12. The minimum absolute atomic E-state index is 0.0128. The highest BCUT2D eigenvalue weighted by Crippen LogP contribution is 2.43. The Bertz CT molecular complexity index is 968. The molecule has 1 saturated carbocycles. The van der Waals surface area contributed by atoms with Crippen molar-refractivity contribution >= 4 is 32.9 Å². The zero-order chi connectivity index (χ0) is 18.4. The van der Waals surface area contributed by atoms with Gasteiger partial charge in [0, 0.05) is 25.7 Å². The Morgan fingerprint density at radius 1 is 1.42 bits per heavy atom. The fraction of sp³-hybridized carbons (Fsp3) is 0.444. The molecular weight excluding hydrogens is 396 g/mol. The molecule has 0 unspecified atom stereocenters. The van der Waals surface area contributed by atoms with Crippen molar-refractivity contribution in [3.8, 4) is 0 Å². The van der Waals surface area contributed by atoms with Gasteiger partial charge < -0.3 is 4.90 Å². The predicted octanol–water partition coefficient (Wildman–Crippen LogP) is 2.77. The van der Waals surface area contributed by atoms with E-state index in [4.69, 9.17) is 0 Å². The highest BCUT2D eigenvalue weighted by molar-refractivity contribution is 9.10. The number of nitrogens with zero attached hydrogens (tertiary/aromatic N) is 6. The summed E-state index contributed by atoms with van der Waals surface area (Å²) < 4.78 is 4.40. The van der Waals surface area contributed by atoms with Crippen LogP contribution in [0, 0.1) is 6.92 Å². The quantitative estimate of drug-likeness (QED) is 0.640. The average Bonchev–Trinajstić information content (AvgIpc) is 3.36. The summed E-state index contributed by atoms with van der Waals surface area (Å²) in [6, 6.07) is 2.09. The minimum atomic E-state index is -0.0128. The summed E-state index contributed by atoms with van der Waals surface area (Å²) in [5, 5.41) is 9.90. The van der Waals surface area contributed by atoms with Gasteiger partial charge in [-0.1, -0.05) is 0 Å². The fourth-order valence-corrected chi connectivity index (χ4v) is 3.80. The smallest absolute Gasteiger partial charge is 0.244 e. The second-order valence-electron chi connectivity index (χ2n) is 6.93. The first-order valence-corrected chi connectivity index (χ1v) is 9.47. The van der Waals surface area contributed by atoms with E-state index in [1.807, 2.05) is 20.2 Å². The van der Waals surface area contributed by atoms with E-state index in [2.05, 4.69) is 37.2 Å². The largest absolute Gasteiger partial charge is 0.338 e. The lowest BCUT2D eigenvalue weighted by Gasteiger charge is -2.17. The molecule has 1 amide bonds. The lowest BCUT2D eigenvalue weighted by molar-refractivity contribution is -0.131. The van der Waals surface area contributed by atoms with Crippen LogP contribution in [0.5, 0.6) is 0 Å².